The fraction of sp³-hybridized carbons (Fsp3) is 0.222. The van der Waals surface area contributed by atoms with E-state index in [-0.39, 0.29) is 4.90 Å². The number of aryl methyl sites for hydroxylation is 2. The van der Waals surface area contributed by atoms with Crippen LogP contribution in [0.2, 0.25) is 5.02 Å². The average Bonchev–Trinajstić information content (AvgIpc) is 2.86. The molecule has 1 aromatic heterocycles. The number of halogens is 1. The van der Waals surface area contributed by atoms with E-state index in [2.05, 4.69) is 0 Å². The number of rotatable bonds is 4. The van der Waals surface area contributed by atoms with Crippen LogP contribution >= 0.6 is 11.6 Å². The molecule has 2 aromatic carbocycles. The van der Waals surface area contributed by atoms with Gasteiger partial charge in [0, 0.05) is 16.1 Å². The average molecular weight is 348 g/mol. The second-order valence-corrected chi connectivity index (χ2v) is 7.89. The minimum atomic E-state index is -3.65. The molecule has 0 amide bonds. The van der Waals surface area contributed by atoms with Crippen molar-refractivity contribution in [1.82, 2.24) is 3.97 Å². The molecule has 0 atom stereocenters. The molecule has 1 heterocycles. The molecule has 23 heavy (non-hydrogen) atoms. The third-order valence-electron chi connectivity index (χ3n) is 3.86. The fourth-order valence-electron chi connectivity index (χ4n) is 2.74. The summed E-state index contributed by atoms with van der Waals surface area (Å²) >= 11 is 6.09. The van der Waals surface area contributed by atoms with Gasteiger partial charge in [0.1, 0.15) is 0 Å². The molecule has 0 saturated heterocycles. The summed E-state index contributed by atoms with van der Waals surface area (Å²) < 4.78 is 27.7. The molecule has 0 aliphatic heterocycles. The SMILES string of the molecule is CCCc1cc2ccc(Cl)cc2n1S(=O)(=O)c1ccc(C)cc1. The van der Waals surface area contributed by atoms with E-state index in [0.717, 1.165) is 23.1 Å². The Hall–Kier alpha value is -1.78. The molecule has 0 N–H and O–H groups in total. The molecule has 5 heteroatoms. The first-order valence-corrected chi connectivity index (χ1v) is 9.37. The molecule has 0 fully saturated rings. The topological polar surface area (TPSA) is 39.1 Å². The monoisotopic (exact) mass is 347 g/mol. The van der Waals surface area contributed by atoms with Crippen LogP contribution in [0.15, 0.2) is 53.4 Å². The molecule has 0 saturated carbocycles. The van der Waals surface area contributed by atoms with Crippen molar-refractivity contribution in [1.29, 1.82) is 0 Å². The Bertz CT molecular complexity index is 957. The summed E-state index contributed by atoms with van der Waals surface area (Å²) in [6.45, 7) is 3.97. The highest BCUT2D eigenvalue weighted by molar-refractivity contribution is 7.90. The van der Waals surface area contributed by atoms with Crippen LogP contribution in [0, 0.1) is 6.92 Å². The van der Waals surface area contributed by atoms with E-state index in [9.17, 15) is 8.42 Å². The fourth-order valence-corrected chi connectivity index (χ4v) is 4.46. The van der Waals surface area contributed by atoms with E-state index in [1.807, 2.05) is 38.1 Å². The van der Waals surface area contributed by atoms with Gasteiger partial charge in [-0.3, -0.25) is 0 Å². The van der Waals surface area contributed by atoms with Gasteiger partial charge in [-0.1, -0.05) is 48.7 Å². The van der Waals surface area contributed by atoms with Crippen LogP contribution in [0.3, 0.4) is 0 Å². The number of aromatic nitrogens is 1. The highest BCUT2D eigenvalue weighted by Crippen LogP contribution is 2.28. The van der Waals surface area contributed by atoms with Crippen LogP contribution in [-0.2, 0) is 16.4 Å². The minimum Gasteiger partial charge on any atom is -0.238 e. The van der Waals surface area contributed by atoms with E-state index < -0.39 is 10.0 Å². The quantitative estimate of drug-likeness (QED) is 0.680. The Morgan fingerprint density at radius 3 is 2.39 bits per heavy atom. The summed E-state index contributed by atoms with van der Waals surface area (Å²) in [6.07, 6.45) is 1.56. The van der Waals surface area contributed by atoms with Crippen LogP contribution in [0.4, 0.5) is 0 Å². The first-order valence-electron chi connectivity index (χ1n) is 7.55. The molecular weight excluding hydrogens is 330 g/mol. The Balaban J connectivity index is 2.30. The van der Waals surface area contributed by atoms with Crippen molar-refractivity contribution in [3.63, 3.8) is 0 Å². The Morgan fingerprint density at radius 1 is 1.04 bits per heavy atom. The summed E-state index contributed by atoms with van der Waals surface area (Å²) in [5.74, 6) is 0. The highest BCUT2D eigenvalue weighted by atomic mass is 35.5. The van der Waals surface area contributed by atoms with Crippen molar-refractivity contribution in [2.24, 2.45) is 0 Å². The van der Waals surface area contributed by atoms with Gasteiger partial charge in [-0.2, -0.15) is 0 Å². The lowest BCUT2D eigenvalue weighted by Gasteiger charge is -2.12. The van der Waals surface area contributed by atoms with Crippen molar-refractivity contribution >= 4 is 32.5 Å². The van der Waals surface area contributed by atoms with Gasteiger partial charge in [-0.25, -0.2) is 12.4 Å². The normalized spacial score (nSPS) is 12.0. The van der Waals surface area contributed by atoms with Crippen LogP contribution < -0.4 is 0 Å². The molecule has 0 radical (unpaired) electrons. The molecule has 0 unspecified atom stereocenters. The lowest BCUT2D eigenvalue weighted by Crippen LogP contribution is -2.15. The Morgan fingerprint density at radius 2 is 1.74 bits per heavy atom. The van der Waals surface area contributed by atoms with E-state index in [1.54, 1.807) is 24.3 Å². The molecule has 3 nitrogen and oxygen atoms in total. The van der Waals surface area contributed by atoms with Crippen LogP contribution in [0.25, 0.3) is 10.9 Å². The van der Waals surface area contributed by atoms with Crippen molar-refractivity contribution in [2.45, 2.75) is 31.6 Å². The molecule has 3 rings (SSSR count). The van der Waals surface area contributed by atoms with Crippen molar-refractivity contribution in [2.75, 3.05) is 0 Å². The predicted molar refractivity (Wildman–Crippen MR) is 94.7 cm³/mol. The summed E-state index contributed by atoms with van der Waals surface area (Å²) in [4.78, 5) is 0.290. The minimum absolute atomic E-state index is 0.290. The lowest BCUT2D eigenvalue weighted by molar-refractivity contribution is 0.586. The second kappa shape index (κ2) is 6.02. The van der Waals surface area contributed by atoms with Gasteiger partial charge in [-0.15, -0.1) is 0 Å². The number of benzene rings is 2. The van der Waals surface area contributed by atoms with E-state index in [4.69, 9.17) is 11.6 Å². The largest absolute Gasteiger partial charge is 0.268 e. The zero-order chi connectivity index (χ0) is 16.6. The summed E-state index contributed by atoms with van der Waals surface area (Å²) in [7, 11) is -3.65. The van der Waals surface area contributed by atoms with Crippen LogP contribution in [0.5, 0.6) is 0 Å². The number of nitrogens with zero attached hydrogens (tertiary/aromatic N) is 1. The third-order valence-corrected chi connectivity index (χ3v) is 5.87. The molecule has 3 aromatic rings. The number of hydrogen-bond acceptors (Lipinski definition) is 2. The number of hydrogen-bond donors (Lipinski definition) is 0. The zero-order valence-electron chi connectivity index (χ0n) is 13.1. The summed E-state index contributed by atoms with van der Waals surface area (Å²) in [5, 5.41) is 1.41. The maximum absolute atomic E-state index is 13.1. The molecule has 0 bridgehead atoms. The predicted octanol–water partition coefficient (Wildman–Crippen LogP) is 4.79. The Kier molecular flexibility index (Phi) is 4.21. The first-order chi connectivity index (χ1) is 10.9. The molecule has 0 spiro atoms. The third kappa shape index (κ3) is 2.89. The van der Waals surface area contributed by atoms with Crippen molar-refractivity contribution in [3.8, 4) is 0 Å². The van der Waals surface area contributed by atoms with Crippen LogP contribution in [-0.4, -0.2) is 12.4 Å². The van der Waals surface area contributed by atoms with Gasteiger partial charge in [0.25, 0.3) is 10.0 Å². The molecule has 0 aliphatic rings. The molecule has 0 aliphatic carbocycles. The maximum Gasteiger partial charge on any atom is 0.268 e. The van der Waals surface area contributed by atoms with Crippen molar-refractivity contribution in [3.05, 3.63) is 64.8 Å². The van der Waals surface area contributed by atoms with E-state index in [1.165, 1.54) is 3.97 Å². The Labute approximate surface area is 141 Å². The summed E-state index contributed by atoms with van der Waals surface area (Å²) in [5.41, 5.74) is 2.44. The lowest BCUT2D eigenvalue weighted by atomic mass is 10.2. The van der Waals surface area contributed by atoms with Gasteiger partial charge < -0.3 is 0 Å². The van der Waals surface area contributed by atoms with Gasteiger partial charge in [0.15, 0.2) is 0 Å². The highest BCUT2D eigenvalue weighted by Gasteiger charge is 2.22. The van der Waals surface area contributed by atoms with E-state index >= 15 is 0 Å². The van der Waals surface area contributed by atoms with Crippen molar-refractivity contribution < 1.29 is 8.42 Å². The zero-order valence-corrected chi connectivity index (χ0v) is 14.7. The maximum atomic E-state index is 13.1. The molecule has 120 valence electrons. The van der Waals surface area contributed by atoms with Gasteiger partial charge in [0.2, 0.25) is 0 Å². The van der Waals surface area contributed by atoms with Gasteiger partial charge in [0.05, 0.1) is 10.4 Å². The standard InChI is InChI=1S/C18H18ClNO2S/c1-3-4-16-11-14-7-8-15(19)12-18(14)20(16)23(21,22)17-9-5-13(2)6-10-17/h5-12H,3-4H2,1-2H3. The second-order valence-electron chi connectivity index (χ2n) is 5.67. The van der Waals surface area contributed by atoms with Gasteiger partial charge in [-0.05, 0) is 43.7 Å². The first kappa shape index (κ1) is 16.1. The smallest absolute Gasteiger partial charge is 0.238 e. The van der Waals surface area contributed by atoms with Crippen LogP contribution in [0.1, 0.15) is 24.6 Å². The number of fused-ring (bicyclic) bond motifs is 1. The molecular formula is C18H18ClNO2S. The summed E-state index contributed by atoms with van der Waals surface area (Å²) in [6, 6.07) is 14.2. The van der Waals surface area contributed by atoms with Gasteiger partial charge >= 0.3 is 0 Å². The van der Waals surface area contributed by atoms with E-state index in [0.29, 0.717) is 17.0 Å².